The van der Waals surface area contributed by atoms with Gasteiger partial charge in [-0.2, -0.15) is 10.2 Å². The lowest BCUT2D eigenvalue weighted by atomic mass is 10.0. The molecule has 0 aliphatic heterocycles. The van der Waals surface area contributed by atoms with Crippen LogP contribution in [0.1, 0.15) is 96.5 Å². The Balaban J connectivity index is 1.58. The van der Waals surface area contributed by atoms with Crippen LogP contribution in [0.3, 0.4) is 0 Å². The summed E-state index contributed by atoms with van der Waals surface area (Å²) in [5.41, 5.74) is 11.2. The first-order valence-electron chi connectivity index (χ1n) is 12.0. The van der Waals surface area contributed by atoms with Gasteiger partial charge in [0.2, 0.25) is 0 Å². The average Bonchev–Trinajstić information content (AvgIpc) is 2.90. The second-order valence-corrected chi connectivity index (χ2v) is 9.26. The lowest BCUT2D eigenvalue weighted by Crippen LogP contribution is -2.22. The van der Waals surface area contributed by atoms with E-state index in [1.807, 2.05) is 38.1 Å². The molecule has 1 heterocycles. The summed E-state index contributed by atoms with van der Waals surface area (Å²) in [6, 6.07) is 19.2. The van der Waals surface area contributed by atoms with Crippen molar-refractivity contribution in [2.45, 2.75) is 53.4 Å². The summed E-state index contributed by atoms with van der Waals surface area (Å²) in [4.78, 5) is 29.0. The molecule has 0 saturated carbocycles. The number of amides is 2. The molecule has 1 aromatic heterocycles. The fraction of sp³-hybridized carbons (Fsp3) is 0.276. The van der Waals surface area contributed by atoms with Crippen LogP contribution < -0.4 is 10.9 Å². The average molecular weight is 484 g/mol. The molecule has 7 heteroatoms. The van der Waals surface area contributed by atoms with E-state index in [2.05, 4.69) is 78.0 Å². The van der Waals surface area contributed by atoms with Gasteiger partial charge in [-0.15, -0.1) is 0 Å². The zero-order valence-electron chi connectivity index (χ0n) is 21.7. The predicted molar refractivity (Wildman–Crippen MR) is 145 cm³/mol. The van der Waals surface area contributed by atoms with Crippen LogP contribution >= 0.6 is 0 Å². The highest BCUT2D eigenvalue weighted by Gasteiger charge is 2.11. The molecule has 2 N–H and O–H groups in total. The number of aromatic nitrogens is 1. The molecule has 0 saturated heterocycles. The van der Waals surface area contributed by atoms with E-state index in [-0.39, 0.29) is 5.69 Å². The second kappa shape index (κ2) is 12.0. The summed E-state index contributed by atoms with van der Waals surface area (Å²) in [7, 11) is 0. The smallest absolute Gasteiger partial charge is 0.267 e. The summed E-state index contributed by atoms with van der Waals surface area (Å²) in [5, 5.41) is 8.36. The van der Waals surface area contributed by atoms with E-state index in [0.29, 0.717) is 28.8 Å². The minimum absolute atomic E-state index is 0.156. The largest absolute Gasteiger partial charge is 0.289 e. The van der Waals surface area contributed by atoms with Gasteiger partial charge in [-0.3, -0.25) is 14.6 Å². The first-order valence-corrected chi connectivity index (χ1v) is 12.0. The maximum atomic E-state index is 12.5. The molecule has 2 aromatic carbocycles. The zero-order valence-corrected chi connectivity index (χ0v) is 21.7. The second-order valence-electron chi connectivity index (χ2n) is 9.26. The lowest BCUT2D eigenvalue weighted by molar-refractivity contribution is 0.0939. The highest BCUT2D eigenvalue weighted by molar-refractivity contribution is 6.02. The number of hydrogen-bond donors (Lipinski definition) is 2. The number of nitrogens with one attached hydrogen (secondary N) is 2. The maximum absolute atomic E-state index is 12.5. The van der Waals surface area contributed by atoms with E-state index >= 15 is 0 Å². The van der Waals surface area contributed by atoms with E-state index in [1.54, 1.807) is 0 Å². The number of hydrazone groups is 2. The summed E-state index contributed by atoms with van der Waals surface area (Å²) < 4.78 is 0. The van der Waals surface area contributed by atoms with Gasteiger partial charge >= 0.3 is 0 Å². The van der Waals surface area contributed by atoms with Crippen molar-refractivity contribution in [2.75, 3.05) is 0 Å². The fourth-order valence-corrected chi connectivity index (χ4v) is 3.40. The summed E-state index contributed by atoms with van der Waals surface area (Å²) in [6.45, 7) is 12.2. The molecule has 0 atom stereocenters. The topological polar surface area (TPSA) is 95.8 Å². The Morgan fingerprint density at radius 1 is 0.639 bits per heavy atom. The molecule has 3 aromatic rings. The SMILES string of the molecule is C/C(=N\NC(=O)c1ccc(C(=O)N/N=C(\C)c2ccc(C(C)C)cc2)nc1)c1ccc(C(C)C)cc1. The molecule has 3 rings (SSSR count). The van der Waals surface area contributed by atoms with Crippen LogP contribution in [-0.2, 0) is 0 Å². The van der Waals surface area contributed by atoms with Crippen LogP contribution in [0.2, 0.25) is 0 Å². The van der Waals surface area contributed by atoms with E-state index in [4.69, 9.17) is 0 Å². The molecule has 0 unspecified atom stereocenters. The van der Waals surface area contributed by atoms with Crippen molar-refractivity contribution in [1.82, 2.24) is 15.8 Å². The first kappa shape index (κ1) is 26.5. The summed E-state index contributed by atoms with van der Waals surface area (Å²) >= 11 is 0. The van der Waals surface area contributed by atoms with Crippen molar-refractivity contribution in [3.63, 3.8) is 0 Å². The minimum Gasteiger partial charge on any atom is -0.267 e. The van der Waals surface area contributed by atoms with Crippen LogP contribution in [-0.4, -0.2) is 28.2 Å². The van der Waals surface area contributed by atoms with Crippen molar-refractivity contribution in [2.24, 2.45) is 10.2 Å². The predicted octanol–water partition coefficient (Wildman–Crippen LogP) is 5.64. The van der Waals surface area contributed by atoms with Crippen LogP contribution in [0.25, 0.3) is 0 Å². The van der Waals surface area contributed by atoms with Crippen molar-refractivity contribution in [3.05, 3.63) is 100 Å². The van der Waals surface area contributed by atoms with Gasteiger partial charge in [0, 0.05) is 6.20 Å². The summed E-state index contributed by atoms with van der Waals surface area (Å²) in [5.74, 6) is 0.0291. The van der Waals surface area contributed by atoms with Gasteiger partial charge in [0.15, 0.2) is 0 Å². The van der Waals surface area contributed by atoms with Crippen molar-refractivity contribution in [3.8, 4) is 0 Å². The van der Waals surface area contributed by atoms with Crippen LogP contribution in [0.4, 0.5) is 0 Å². The molecule has 0 spiro atoms. The van der Waals surface area contributed by atoms with Crippen LogP contribution in [0.5, 0.6) is 0 Å². The van der Waals surface area contributed by atoms with Gasteiger partial charge in [-0.25, -0.2) is 10.9 Å². The number of benzene rings is 2. The molecular formula is C29H33N5O2. The molecule has 36 heavy (non-hydrogen) atoms. The number of pyridine rings is 1. The van der Waals surface area contributed by atoms with E-state index < -0.39 is 11.8 Å². The molecule has 2 amide bonds. The van der Waals surface area contributed by atoms with Gasteiger partial charge in [-0.05, 0) is 60.1 Å². The third-order valence-corrected chi connectivity index (χ3v) is 5.90. The molecular weight excluding hydrogens is 450 g/mol. The number of carbonyl (C=O) groups is 2. The Hall–Kier alpha value is -4.13. The first-order chi connectivity index (χ1) is 17.2. The van der Waals surface area contributed by atoms with Crippen molar-refractivity contribution >= 4 is 23.2 Å². The molecule has 0 aliphatic carbocycles. The summed E-state index contributed by atoms with van der Waals surface area (Å²) in [6.07, 6.45) is 1.34. The van der Waals surface area contributed by atoms with Gasteiger partial charge in [0.25, 0.3) is 11.8 Å². The van der Waals surface area contributed by atoms with E-state index in [0.717, 1.165) is 11.1 Å². The van der Waals surface area contributed by atoms with E-state index in [1.165, 1.54) is 29.5 Å². The highest BCUT2D eigenvalue weighted by Crippen LogP contribution is 2.16. The number of rotatable bonds is 8. The van der Waals surface area contributed by atoms with Gasteiger partial charge < -0.3 is 0 Å². The lowest BCUT2D eigenvalue weighted by Gasteiger charge is -2.07. The monoisotopic (exact) mass is 483 g/mol. The minimum atomic E-state index is -0.459. The van der Waals surface area contributed by atoms with E-state index in [9.17, 15) is 9.59 Å². The third-order valence-electron chi connectivity index (χ3n) is 5.90. The number of nitrogens with zero attached hydrogens (tertiary/aromatic N) is 3. The van der Waals surface area contributed by atoms with Gasteiger partial charge in [-0.1, -0.05) is 76.2 Å². The Morgan fingerprint density at radius 3 is 1.44 bits per heavy atom. The van der Waals surface area contributed by atoms with Gasteiger partial charge in [0.05, 0.1) is 17.0 Å². The van der Waals surface area contributed by atoms with Crippen LogP contribution in [0.15, 0.2) is 77.1 Å². The number of carbonyl (C=O) groups excluding carboxylic acids is 2. The van der Waals surface area contributed by atoms with Crippen LogP contribution in [0, 0.1) is 0 Å². The highest BCUT2D eigenvalue weighted by atomic mass is 16.2. The molecule has 7 nitrogen and oxygen atoms in total. The molecule has 0 radical (unpaired) electrons. The zero-order chi connectivity index (χ0) is 26.2. The van der Waals surface area contributed by atoms with Gasteiger partial charge in [0.1, 0.15) is 5.69 Å². The Bertz CT molecular complexity index is 1160. The standard InChI is InChI=1S/C29H33N5O2/c1-18(2)22-7-11-24(12-8-22)20(5)31-33-28(35)26-15-16-27(30-17-26)29(36)34-32-21(6)25-13-9-23(10-14-25)19(3)4/h7-19H,1-6H3,(H,33,35)(H,34,36)/b31-20+,32-21+. The Kier molecular flexibility index (Phi) is 8.84. The Labute approximate surface area is 212 Å². The molecule has 0 aliphatic rings. The fourth-order valence-electron chi connectivity index (χ4n) is 3.40. The third kappa shape index (κ3) is 6.95. The normalized spacial score (nSPS) is 12.1. The quantitative estimate of drug-likeness (QED) is 0.321. The molecule has 0 bridgehead atoms. The Morgan fingerprint density at radius 2 is 1.06 bits per heavy atom. The van der Waals surface area contributed by atoms with Crippen molar-refractivity contribution < 1.29 is 9.59 Å². The molecule has 0 fully saturated rings. The molecule has 186 valence electrons. The number of hydrogen-bond acceptors (Lipinski definition) is 5. The van der Waals surface area contributed by atoms with Crippen molar-refractivity contribution in [1.29, 1.82) is 0 Å². The maximum Gasteiger partial charge on any atom is 0.289 e.